The van der Waals surface area contributed by atoms with Gasteiger partial charge < -0.3 is 19.6 Å². The van der Waals surface area contributed by atoms with E-state index in [1.165, 1.54) is 0 Å². The number of likely N-dealkylation sites (tertiary alicyclic amines) is 1. The molecule has 3 saturated heterocycles. The van der Waals surface area contributed by atoms with Gasteiger partial charge in [-0.2, -0.15) is 0 Å². The van der Waals surface area contributed by atoms with Crippen LogP contribution in [0.25, 0.3) is 0 Å². The normalized spacial score (nSPS) is 30.2. The first-order valence-corrected chi connectivity index (χ1v) is 14.3. The highest BCUT2D eigenvalue weighted by Gasteiger charge is 2.78. The number of aliphatic hydroxyl groups is 1. The van der Waals surface area contributed by atoms with Crippen molar-refractivity contribution in [3.05, 3.63) is 54.6 Å². The zero-order valence-corrected chi connectivity index (χ0v) is 23.8. The monoisotopic (exact) mass is 540 g/mol. The summed E-state index contributed by atoms with van der Waals surface area (Å²) in [5.41, 5.74) is 2.72. The molecule has 1 spiro atoms. The smallest absolute Gasteiger partial charge is 0.311 e. The van der Waals surface area contributed by atoms with Gasteiger partial charge in [-0.05, 0) is 57.6 Å². The van der Waals surface area contributed by atoms with Crippen molar-refractivity contribution in [3.63, 3.8) is 0 Å². The minimum atomic E-state index is -0.811. The lowest BCUT2D eigenvalue weighted by atomic mass is 9.66. The molecule has 206 valence electrons. The first-order chi connectivity index (χ1) is 18.1. The number of carbonyl (C=O) groups is 3. The van der Waals surface area contributed by atoms with Gasteiger partial charge in [-0.1, -0.05) is 37.3 Å². The van der Waals surface area contributed by atoms with Crippen LogP contribution in [0.4, 0.5) is 5.69 Å². The number of fused-ring (bicyclic) bond motifs is 1. The fourth-order valence-corrected chi connectivity index (χ4v) is 9.27. The molecule has 7 nitrogen and oxygen atoms in total. The largest absolute Gasteiger partial charge is 0.465 e. The van der Waals surface area contributed by atoms with E-state index in [2.05, 4.69) is 13.2 Å². The molecule has 3 aliphatic heterocycles. The summed E-state index contributed by atoms with van der Waals surface area (Å²) in [6.45, 7) is 15.7. The fourth-order valence-electron chi connectivity index (χ4n) is 6.94. The number of rotatable bonds is 11. The Kier molecular flexibility index (Phi) is 8.15. The minimum Gasteiger partial charge on any atom is -0.465 e. The number of aryl methyl sites for hydroxylation is 2. The Labute approximate surface area is 230 Å². The molecule has 4 rings (SSSR count). The van der Waals surface area contributed by atoms with Crippen molar-refractivity contribution in [2.45, 2.75) is 75.0 Å². The van der Waals surface area contributed by atoms with Gasteiger partial charge in [0.1, 0.15) is 6.04 Å². The summed E-state index contributed by atoms with van der Waals surface area (Å²) in [6.07, 6.45) is 5.78. The van der Waals surface area contributed by atoms with E-state index >= 15 is 0 Å². The van der Waals surface area contributed by atoms with Gasteiger partial charge >= 0.3 is 5.97 Å². The summed E-state index contributed by atoms with van der Waals surface area (Å²) in [6, 6.07) is 4.57. The Hall–Kier alpha value is -2.58. The van der Waals surface area contributed by atoms with E-state index in [9.17, 15) is 19.5 Å². The molecule has 6 atom stereocenters. The molecule has 3 fully saturated rings. The Morgan fingerprint density at radius 1 is 1.26 bits per heavy atom. The Morgan fingerprint density at radius 3 is 2.53 bits per heavy atom. The summed E-state index contributed by atoms with van der Waals surface area (Å²) >= 11 is 1.61. The second-order valence-corrected chi connectivity index (χ2v) is 12.8. The summed E-state index contributed by atoms with van der Waals surface area (Å²) in [5, 5.41) is 10.3. The molecule has 1 aromatic carbocycles. The Morgan fingerprint density at radius 2 is 1.95 bits per heavy atom. The lowest BCUT2D eigenvalue weighted by molar-refractivity contribution is -0.156. The number of esters is 1. The Balaban J connectivity index is 1.83. The van der Waals surface area contributed by atoms with E-state index in [1.807, 2.05) is 45.9 Å². The number of hydrogen-bond acceptors (Lipinski definition) is 6. The van der Waals surface area contributed by atoms with Crippen LogP contribution < -0.4 is 4.90 Å². The van der Waals surface area contributed by atoms with Crippen molar-refractivity contribution in [2.75, 3.05) is 24.7 Å². The lowest BCUT2D eigenvalue weighted by Gasteiger charge is -2.40. The van der Waals surface area contributed by atoms with Crippen LogP contribution in [0, 0.1) is 25.7 Å². The van der Waals surface area contributed by atoms with E-state index in [0.29, 0.717) is 25.7 Å². The number of nitrogens with zero attached hydrogens (tertiary/aromatic N) is 2. The maximum atomic E-state index is 14.7. The van der Waals surface area contributed by atoms with Gasteiger partial charge in [0, 0.05) is 17.0 Å². The van der Waals surface area contributed by atoms with Crippen molar-refractivity contribution in [2.24, 2.45) is 11.8 Å². The van der Waals surface area contributed by atoms with E-state index in [-0.39, 0.29) is 37.5 Å². The number of ether oxygens (including phenoxy) is 1. The van der Waals surface area contributed by atoms with Gasteiger partial charge in [-0.3, -0.25) is 14.4 Å². The van der Waals surface area contributed by atoms with Crippen LogP contribution in [0.15, 0.2) is 43.5 Å². The second-order valence-electron chi connectivity index (χ2n) is 10.9. The van der Waals surface area contributed by atoms with Gasteiger partial charge in [0.25, 0.3) is 5.91 Å². The van der Waals surface area contributed by atoms with E-state index < -0.39 is 33.4 Å². The standard InChI is InChI=1S/C30H40N2O5S/c1-7-10-17-37-28(36)23-22-26(34)32(21(9-3)18-33)25(30(22)15-14-29(23,6)38-30)27(35)31(16-8-2)24-19(4)12-11-13-20(24)5/h7-8,11-13,21-23,25,33H,1-2,9-10,14-18H2,3-6H3/t21-,22-,23-,25?,29+,30?/m0/s1. The summed E-state index contributed by atoms with van der Waals surface area (Å²) in [7, 11) is 0. The summed E-state index contributed by atoms with van der Waals surface area (Å²) < 4.78 is 4.34. The SMILES string of the molecule is C=CCCOC(=O)[C@@H]1[C@H]2C(=O)N([C@@H](CC)CO)C(C(=O)N(CC=C)c3c(C)cccc3C)C23CC[C@@]1(C)S3. The Bertz CT molecular complexity index is 1110. The van der Waals surface area contributed by atoms with Crippen molar-refractivity contribution in [1.82, 2.24) is 4.90 Å². The van der Waals surface area contributed by atoms with Crippen molar-refractivity contribution < 1.29 is 24.2 Å². The third-order valence-corrected chi connectivity index (χ3v) is 10.6. The third-order valence-electron chi connectivity index (χ3n) is 8.63. The number of carbonyl (C=O) groups excluding carboxylic acids is 3. The van der Waals surface area contributed by atoms with Crippen molar-refractivity contribution in [1.29, 1.82) is 0 Å². The van der Waals surface area contributed by atoms with Gasteiger partial charge in [0.2, 0.25) is 5.91 Å². The predicted molar refractivity (Wildman–Crippen MR) is 151 cm³/mol. The molecule has 2 unspecified atom stereocenters. The van der Waals surface area contributed by atoms with Crippen LogP contribution in [0.5, 0.6) is 0 Å². The lowest BCUT2D eigenvalue weighted by Crippen LogP contribution is -2.57. The molecule has 1 aromatic rings. The van der Waals surface area contributed by atoms with Crippen LogP contribution in [0.2, 0.25) is 0 Å². The number of aliphatic hydroxyl groups excluding tert-OH is 1. The number of anilines is 1. The first kappa shape index (κ1) is 28.4. The predicted octanol–water partition coefficient (Wildman–Crippen LogP) is 4.19. The van der Waals surface area contributed by atoms with E-state index in [4.69, 9.17) is 4.74 Å². The first-order valence-electron chi connectivity index (χ1n) is 13.5. The van der Waals surface area contributed by atoms with Crippen LogP contribution in [-0.2, 0) is 19.1 Å². The van der Waals surface area contributed by atoms with Gasteiger partial charge in [-0.25, -0.2) is 0 Å². The zero-order valence-electron chi connectivity index (χ0n) is 22.9. The number of hydrogen-bond donors (Lipinski definition) is 1. The number of thioether (sulfide) groups is 1. The van der Waals surface area contributed by atoms with Crippen LogP contribution in [0.1, 0.15) is 50.7 Å². The van der Waals surface area contributed by atoms with Crippen LogP contribution in [-0.4, -0.2) is 69.1 Å². The summed E-state index contributed by atoms with van der Waals surface area (Å²) in [5.74, 6) is -2.14. The van der Waals surface area contributed by atoms with Gasteiger partial charge in [0.15, 0.2) is 0 Å². The van der Waals surface area contributed by atoms with Crippen molar-refractivity contribution >= 4 is 35.2 Å². The fraction of sp³-hybridized carbons (Fsp3) is 0.567. The molecule has 38 heavy (non-hydrogen) atoms. The third kappa shape index (κ3) is 4.30. The molecule has 0 aromatic heterocycles. The molecule has 0 saturated carbocycles. The highest BCUT2D eigenvalue weighted by atomic mass is 32.2. The van der Waals surface area contributed by atoms with Crippen molar-refractivity contribution in [3.8, 4) is 0 Å². The average molecular weight is 541 g/mol. The minimum absolute atomic E-state index is 0.192. The maximum absolute atomic E-state index is 14.7. The number of benzene rings is 1. The molecule has 3 aliphatic rings. The van der Waals surface area contributed by atoms with Crippen LogP contribution in [0.3, 0.4) is 0 Å². The molecule has 0 radical (unpaired) electrons. The molecule has 3 heterocycles. The van der Waals surface area contributed by atoms with E-state index in [0.717, 1.165) is 16.8 Å². The molecule has 2 bridgehead atoms. The van der Waals surface area contributed by atoms with Gasteiger partial charge in [-0.15, -0.1) is 24.9 Å². The highest BCUT2D eigenvalue weighted by molar-refractivity contribution is 8.02. The van der Waals surface area contributed by atoms with Gasteiger partial charge in [0.05, 0.1) is 35.8 Å². The molecule has 0 aliphatic carbocycles. The highest BCUT2D eigenvalue weighted by Crippen LogP contribution is 2.72. The molecular weight excluding hydrogens is 500 g/mol. The zero-order chi connectivity index (χ0) is 27.8. The quantitative estimate of drug-likeness (QED) is 0.257. The average Bonchev–Trinajstić information content (AvgIpc) is 3.45. The van der Waals surface area contributed by atoms with Crippen LogP contribution >= 0.6 is 11.8 Å². The maximum Gasteiger partial charge on any atom is 0.311 e. The number of para-hydroxylation sites is 1. The summed E-state index contributed by atoms with van der Waals surface area (Å²) in [4.78, 5) is 45.8. The molecule has 8 heteroatoms. The second kappa shape index (κ2) is 10.9. The number of amides is 2. The molecule has 2 amide bonds. The topological polar surface area (TPSA) is 87.1 Å². The molecular formula is C30H40N2O5S. The van der Waals surface area contributed by atoms with E-state index in [1.54, 1.807) is 33.7 Å². The molecule has 1 N–H and O–H groups in total.